The summed E-state index contributed by atoms with van der Waals surface area (Å²) in [6, 6.07) is 6.59. The van der Waals surface area contributed by atoms with Crippen molar-refractivity contribution in [2.24, 2.45) is 0 Å². The van der Waals surface area contributed by atoms with Crippen molar-refractivity contribution in [3.8, 4) is 11.4 Å². The maximum Gasteiger partial charge on any atom is 0.250 e. The highest BCUT2D eigenvalue weighted by Gasteiger charge is 2.26. The molecule has 0 aliphatic heterocycles. The van der Waals surface area contributed by atoms with Crippen LogP contribution in [-0.2, 0) is 14.8 Å². The highest BCUT2D eigenvalue weighted by atomic mass is 35.5. The molecule has 0 unspecified atom stereocenters. The van der Waals surface area contributed by atoms with Gasteiger partial charge >= 0.3 is 0 Å². The number of aromatic nitrogens is 2. The zero-order valence-corrected chi connectivity index (χ0v) is 18.4. The molecule has 1 aliphatic carbocycles. The van der Waals surface area contributed by atoms with Crippen molar-refractivity contribution < 1.29 is 17.7 Å². The molecular weight excluding hydrogens is 448 g/mol. The lowest BCUT2D eigenvalue weighted by Gasteiger charge is -2.20. The van der Waals surface area contributed by atoms with E-state index in [2.05, 4.69) is 20.2 Å². The Bertz CT molecular complexity index is 1180. The number of carbonyl (C=O) groups is 1. The van der Waals surface area contributed by atoms with E-state index in [1.807, 2.05) is 0 Å². The fraction of sp³-hybridized carbons (Fsp3) is 0.316. The largest absolute Gasteiger partial charge is 0.339 e. The molecule has 1 fully saturated rings. The van der Waals surface area contributed by atoms with Crippen LogP contribution in [0.15, 0.2) is 38.4 Å². The van der Waals surface area contributed by atoms with Gasteiger partial charge in [0.15, 0.2) is 0 Å². The van der Waals surface area contributed by atoms with Crippen molar-refractivity contribution in [1.29, 1.82) is 0 Å². The topological polar surface area (TPSA) is 114 Å². The number of hydrogen-bond donors (Lipinski definition) is 2. The quantitative estimate of drug-likeness (QED) is 0.545. The summed E-state index contributed by atoms with van der Waals surface area (Å²) in [5.74, 6) is 0.766. The molecule has 0 atom stereocenters. The summed E-state index contributed by atoms with van der Waals surface area (Å²) in [6.07, 6.45) is 3.22. The van der Waals surface area contributed by atoms with Crippen molar-refractivity contribution in [2.45, 2.75) is 36.3 Å². The summed E-state index contributed by atoms with van der Waals surface area (Å²) >= 11 is 7.06. The first-order valence-corrected chi connectivity index (χ1v) is 12.0. The van der Waals surface area contributed by atoms with Crippen LogP contribution in [0.25, 0.3) is 11.4 Å². The molecule has 1 amide bonds. The van der Waals surface area contributed by atoms with Crippen molar-refractivity contribution in [3.63, 3.8) is 0 Å². The summed E-state index contributed by atoms with van der Waals surface area (Å²) in [5, 5.41) is 8.77. The number of thiophene rings is 1. The van der Waals surface area contributed by atoms with Gasteiger partial charge in [-0.2, -0.15) is 4.98 Å². The molecule has 30 heavy (non-hydrogen) atoms. The van der Waals surface area contributed by atoms with E-state index in [0.717, 1.165) is 30.6 Å². The van der Waals surface area contributed by atoms with E-state index >= 15 is 0 Å². The first-order chi connectivity index (χ1) is 14.3. The average Bonchev–Trinajstić information content (AvgIpc) is 3.32. The van der Waals surface area contributed by atoms with E-state index in [0.29, 0.717) is 39.5 Å². The van der Waals surface area contributed by atoms with E-state index in [4.69, 9.17) is 16.1 Å². The Balaban J connectivity index is 1.39. The summed E-state index contributed by atoms with van der Waals surface area (Å²) in [7, 11) is -3.86. The highest BCUT2D eigenvalue weighted by Crippen LogP contribution is 2.36. The van der Waals surface area contributed by atoms with Crippen LogP contribution in [0.3, 0.4) is 0 Å². The zero-order chi connectivity index (χ0) is 21.3. The molecule has 1 saturated carbocycles. The minimum Gasteiger partial charge on any atom is -0.339 e. The molecule has 8 nitrogen and oxygen atoms in total. The van der Waals surface area contributed by atoms with E-state index in [-0.39, 0.29) is 4.21 Å². The second-order valence-corrected chi connectivity index (χ2v) is 10.3. The summed E-state index contributed by atoms with van der Waals surface area (Å²) < 4.78 is 32.8. The average molecular weight is 467 g/mol. The van der Waals surface area contributed by atoms with Gasteiger partial charge in [-0.25, -0.2) is 13.1 Å². The molecule has 3 aromatic rings. The van der Waals surface area contributed by atoms with Gasteiger partial charge in [-0.1, -0.05) is 29.2 Å². The molecule has 158 valence electrons. The van der Waals surface area contributed by atoms with Crippen LogP contribution in [0, 0.1) is 6.92 Å². The lowest BCUT2D eigenvalue weighted by atomic mass is 9.85. The van der Waals surface area contributed by atoms with Gasteiger partial charge in [0, 0.05) is 27.6 Å². The van der Waals surface area contributed by atoms with Crippen LogP contribution in [-0.4, -0.2) is 31.0 Å². The summed E-state index contributed by atoms with van der Waals surface area (Å²) in [4.78, 5) is 16.5. The van der Waals surface area contributed by atoms with Gasteiger partial charge < -0.3 is 9.84 Å². The number of halogens is 1. The van der Waals surface area contributed by atoms with Gasteiger partial charge in [0.25, 0.3) is 10.0 Å². The monoisotopic (exact) mass is 466 g/mol. The molecule has 2 N–H and O–H groups in total. The fourth-order valence-electron chi connectivity index (χ4n) is 2.92. The minimum absolute atomic E-state index is 0.0687. The Morgan fingerprint density at radius 2 is 2.17 bits per heavy atom. The molecule has 1 aromatic carbocycles. The maximum atomic E-state index is 12.6. The van der Waals surface area contributed by atoms with Crippen molar-refractivity contribution >= 4 is 44.6 Å². The lowest BCUT2D eigenvalue weighted by molar-refractivity contribution is -0.115. The number of hydrogen-bond acceptors (Lipinski definition) is 7. The van der Waals surface area contributed by atoms with Crippen LogP contribution in [0.1, 0.15) is 36.6 Å². The third-order valence-corrected chi connectivity index (χ3v) is 8.21. The minimum atomic E-state index is -3.86. The molecular formula is C19H19ClN4O4S2. The Morgan fingerprint density at radius 3 is 2.90 bits per heavy atom. The van der Waals surface area contributed by atoms with Crippen LogP contribution in [0.4, 0.5) is 5.69 Å². The predicted octanol–water partition coefficient (Wildman–Crippen LogP) is 3.94. The number of rotatable bonds is 7. The fourth-order valence-corrected chi connectivity index (χ4v) is 5.28. The first kappa shape index (κ1) is 21.0. The third kappa shape index (κ3) is 4.41. The van der Waals surface area contributed by atoms with E-state index in [1.165, 1.54) is 6.07 Å². The second kappa shape index (κ2) is 8.46. The second-order valence-electron chi connectivity index (χ2n) is 7.02. The van der Waals surface area contributed by atoms with Gasteiger partial charge in [0.05, 0.1) is 6.54 Å². The van der Waals surface area contributed by atoms with E-state index in [1.54, 1.807) is 30.5 Å². The summed E-state index contributed by atoms with van der Waals surface area (Å²) in [6.45, 7) is 1.36. The normalized spacial score (nSPS) is 14.5. The van der Waals surface area contributed by atoms with Gasteiger partial charge in [0.1, 0.15) is 4.21 Å². The summed E-state index contributed by atoms with van der Waals surface area (Å²) in [5.41, 5.74) is 1.80. The molecule has 0 spiro atoms. The molecule has 0 saturated heterocycles. The molecule has 2 heterocycles. The van der Waals surface area contributed by atoms with E-state index < -0.39 is 22.5 Å². The number of benzene rings is 1. The smallest absolute Gasteiger partial charge is 0.250 e. The SMILES string of the molecule is Cc1c(Cl)cccc1NC(=O)CNS(=O)(=O)c1cc(-c2noc(C3CCC3)n2)cs1. The first-order valence-electron chi connectivity index (χ1n) is 9.30. The van der Waals surface area contributed by atoms with Crippen LogP contribution in [0.2, 0.25) is 5.02 Å². The van der Waals surface area contributed by atoms with Gasteiger partial charge in [-0.15, -0.1) is 11.3 Å². The predicted molar refractivity (Wildman–Crippen MR) is 114 cm³/mol. The Kier molecular flexibility index (Phi) is 5.92. The van der Waals surface area contributed by atoms with E-state index in [9.17, 15) is 13.2 Å². The number of nitrogens with zero attached hydrogens (tertiary/aromatic N) is 2. The van der Waals surface area contributed by atoms with Crippen molar-refractivity contribution in [1.82, 2.24) is 14.9 Å². The Labute approximate surface area is 182 Å². The van der Waals surface area contributed by atoms with Crippen LogP contribution >= 0.6 is 22.9 Å². The zero-order valence-electron chi connectivity index (χ0n) is 16.0. The third-order valence-electron chi connectivity index (χ3n) is 4.96. The number of nitrogens with one attached hydrogen (secondary N) is 2. The Hall–Kier alpha value is -2.27. The van der Waals surface area contributed by atoms with Gasteiger partial charge in [0.2, 0.25) is 17.6 Å². The number of anilines is 1. The number of sulfonamides is 1. The molecule has 11 heteroatoms. The standard InChI is InChI=1S/C19H19ClN4O4S2/c1-11-14(20)6-3-7-15(11)22-16(25)9-21-30(26,27)17-8-13(10-29-17)18-23-19(28-24-18)12-4-2-5-12/h3,6-8,10,12,21H,2,4-5,9H2,1H3,(H,22,25). The molecule has 0 radical (unpaired) electrons. The Morgan fingerprint density at radius 1 is 1.37 bits per heavy atom. The van der Waals surface area contributed by atoms with Crippen molar-refractivity contribution in [3.05, 3.63) is 46.1 Å². The number of amides is 1. The van der Waals surface area contributed by atoms with Gasteiger partial charge in [-0.3, -0.25) is 4.79 Å². The number of carbonyl (C=O) groups excluding carboxylic acids is 1. The maximum absolute atomic E-state index is 12.6. The molecule has 2 aromatic heterocycles. The van der Waals surface area contributed by atoms with Gasteiger partial charge in [-0.05, 0) is 43.5 Å². The lowest BCUT2D eigenvalue weighted by Crippen LogP contribution is -2.32. The van der Waals surface area contributed by atoms with Crippen LogP contribution in [0.5, 0.6) is 0 Å². The van der Waals surface area contributed by atoms with Crippen molar-refractivity contribution in [2.75, 3.05) is 11.9 Å². The van der Waals surface area contributed by atoms with Crippen LogP contribution < -0.4 is 10.0 Å². The molecule has 1 aliphatic rings. The molecule has 0 bridgehead atoms. The molecule has 4 rings (SSSR count). The highest BCUT2D eigenvalue weighted by molar-refractivity contribution is 7.91.